The minimum Gasteiger partial charge on any atom is -0.454 e. The molecule has 2 aromatic rings. The lowest BCUT2D eigenvalue weighted by atomic mass is 9.69. The Morgan fingerprint density at radius 2 is 1.85 bits per heavy atom. The van der Waals surface area contributed by atoms with Gasteiger partial charge in [-0.3, -0.25) is 24.6 Å². The number of nitro groups is 1. The first-order valence-electron chi connectivity index (χ1n) is 10.6. The van der Waals surface area contributed by atoms with Crippen LogP contribution in [0.25, 0.3) is 0 Å². The van der Waals surface area contributed by atoms with Gasteiger partial charge in [0, 0.05) is 42.2 Å². The molecular weight excluding hydrogens is 448 g/mol. The topological polar surface area (TPSA) is 99.0 Å². The first-order valence-corrected chi connectivity index (χ1v) is 10.9. The molecule has 0 saturated heterocycles. The second-order valence-electron chi connectivity index (χ2n) is 9.29. The number of rotatable bonds is 3. The van der Waals surface area contributed by atoms with Gasteiger partial charge in [-0.15, -0.1) is 0 Å². The number of halogens is 1. The maximum Gasteiger partial charge on any atom is 0.271 e. The van der Waals surface area contributed by atoms with Crippen LogP contribution in [0.15, 0.2) is 47.7 Å². The van der Waals surface area contributed by atoms with E-state index in [-0.39, 0.29) is 46.7 Å². The Morgan fingerprint density at radius 3 is 2.61 bits per heavy atom. The van der Waals surface area contributed by atoms with Crippen LogP contribution in [0.1, 0.15) is 44.6 Å². The number of Topliss-reactive ketones (excluding diaryl/α,β-unsaturated/α-hetero) is 1. The van der Waals surface area contributed by atoms with Gasteiger partial charge in [0.15, 0.2) is 17.3 Å². The number of carbonyl (C=O) groups excluding carboxylic acids is 2. The number of allylic oxidation sites excluding steroid dienone is 2. The van der Waals surface area contributed by atoms with Crippen LogP contribution in [-0.2, 0) is 9.59 Å². The van der Waals surface area contributed by atoms with E-state index in [1.54, 1.807) is 6.07 Å². The Bertz CT molecular complexity index is 1250. The number of fused-ring (bicyclic) bond motifs is 1. The number of benzene rings is 2. The molecule has 0 bridgehead atoms. The lowest BCUT2D eigenvalue weighted by molar-refractivity contribution is -0.384. The number of non-ortho nitro benzene ring substituents is 1. The van der Waals surface area contributed by atoms with Gasteiger partial charge in [-0.05, 0) is 35.6 Å². The highest BCUT2D eigenvalue weighted by Gasteiger charge is 2.45. The zero-order chi connectivity index (χ0) is 23.5. The molecule has 2 aliphatic heterocycles. The van der Waals surface area contributed by atoms with Gasteiger partial charge in [-0.1, -0.05) is 31.5 Å². The predicted molar refractivity (Wildman–Crippen MR) is 121 cm³/mol. The van der Waals surface area contributed by atoms with E-state index in [0.717, 1.165) is 5.56 Å². The molecule has 0 spiro atoms. The fourth-order valence-electron chi connectivity index (χ4n) is 4.90. The monoisotopic (exact) mass is 468 g/mol. The van der Waals surface area contributed by atoms with Crippen molar-refractivity contribution in [2.45, 2.75) is 39.0 Å². The molecule has 3 aliphatic rings. The molecule has 1 amide bonds. The third kappa shape index (κ3) is 3.64. The number of hydrogen-bond acceptors (Lipinski definition) is 6. The highest BCUT2D eigenvalue weighted by molar-refractivity contribution is 6.34. The number of nitro benzene ring substituents is 1. The largest absolute Gasteiger partial charge is 0.454 e. The highest BCUT2D eigenvalue weighted by Crippen LogP contribution is 2.50. The minimum absolute atomic E-state index is 0.0314. The van der Waals surface area contributed by atoms with Crippen LogP contribution in [0.5, 0.6) is 11.5 Å². The van der Waals surface area contributed by atoms with Crippen molar-refractivity contribution in [1.29, 1.82) is 0 Å². The molecule has 0 radical (unpaired) electrons. The van der Waals surface area contributed by atoms with Gasteiger partial charge in [0.05, 0.1) is 15.6 Å². The second kappa shape index (κ2) is 7.59. The Kier molecular flexibility index (Phi) is 4.93. The van der Waals surface area contributed by atoms with Crippen molar-refractivity contribution in [3.63, 3.8) is 0 Å². The van der Waals surface area contributed by atoms with Gasteiger partial charge in [0.2, 0.25) is 12.7 Å². The van der Waals surface area contributed by atoms with E-state index in [1.807, 2.05) is 26.0 Å². The van der Waals surface area contributed by atoms with Gasteiger partial charge < -0.3 is 9.47 Å². The van der Waals surface area contributed by atoms with Crippen LogP contribution < -0.4 is 14.4 Å². The summed E-state index contributed by atoms with van der Waals surface area (Å²) in [7, 11) is 0. The number of ether oxygens (including phenoxy) is 2. The standard InChI is InChI=1S/C24H21ClN2O6/c1-24(2)10-18-23(19(28)11-24)15(13-3-6-20-21(7-13)33-12-32-20)9-22(29)26(18)17-8-14(27(30)31)4-5-16(17)25/h3-8,15H,9-12H2,1-2H3. The summed E-state index contributed by atoms with van der Waals surface area (Å²) in [6.45, 7) is 4.07. The molecular formula is C24H21ClN2O6. The van der Waals surface area contributed by atoms with Crippen LogP contribution in [0.4, 0.5) is 11.4 Å². The van der Waals surface area contributed by atoms with Crippen molar-refractivity contribution in [2.24, 2.45) is 5.41 Å². The average molecular weight is 469 g/mol. The summed E-state index contributed by atoms with van der Waals surface area (Å²) in [6, 6.07) is 9.43. The fourth-order valence-corrected chi connectivity index (χ4v) is 5.10. The smallest absolute Gasteiger partial charge is 0.271 e. The molecule has 2 aromatic carbocycles. The Hall–Kier alpha value is -3.39. The maximum absolute atomic E-state index is 13.5. The van der Waals surface area contributed by atoms with Crippen molar-refractivity contribution in [3.05, 3.63) is 68.4 Å². The predicted octanol–water partition coefficient (Wildman–Crippen LogP) is 5.14. The number of amides is 1. The highest BCUT2D eigenvalue weighted by atomic mass is 35.5. The number of anilines is 1. The van der Waals surface area contributed by atoms with Crippen LogP contribution in [-0.4, -0.2) is 23.4 Å². The average Bonchev–Trinajstić information content (AvgIpc) is 3.20. The van der Waals surface area contributed by atoms with Crippen molar-refractivity contribution in [2.75, 3.05) is 11.7 Å². The van der Waals surface area contributed by atoms with Crippen LogP contribution in [0.3, 0.4) is 0 Å². The number of carbonyl (C=O) groups is 2. The number of nitrogens with zero attached hydrogens (tertiary/aromatic N) is 2. The minimum atomic E-state index is -0.533. The Balaban J connectivity index is 1.69. The zero-order valence-electron chi connectivity index (χ0n) is 18.1. The van der Waals surface area contributed by atoms with Gasteiger partial charge in [-0.25, -0.2) is 0 Å². The summed E-state index contributed by atoms with van der Waals surface area (Å²) in [5.74, 6) is 0.442. The molecule has 5 rings (SSSR count). The van der Waals surface area contributed by atoms with E-state index in [4.69, 9.17) is 21.1 Å². The summed E-state index contributed by atoms with van der Waals surface area (Å²) >= 11 is 6.40. The van der Waals surface area contributed by atoms with E-state index in [2.05, 4.69) is 0 Å². The summed E-state index contributed by atoms with van der Waals surface area (Å²) in [5.41, 5.74) is 1.56. The summed E-state index contributed by atoms with van der Waals surface area (Å²) in [6.07, 6.45) is 0.834. The van der Waals surface area contributed by atoms with E-state index in [9.17, 15) is 19.7 Å². The second-order valence-corrected chi connectivity index (χ2v) is 9.70. The molecule has 8 nitrogen and oxygen atoms in total. The molecule has 2 heterocycles. The van der Waals surface area contributed by atoms with Crippen LogP contribution in [0.2, 0.25) is 5.02 Å². The third-order valence-corrected chi connectivity index (χ3v) is 6.64. The van der Waals surface area contributed by atoms with Crippen LogP contribution >= 0.6 is 11.6 Å². The van der Waals surface area contributed by atoms with Gasteiger partial charge in [0.25, 0.3) is 5.69 Å². The first kappa shape index (κ1) is 21.5. The molecule has 0 fully saturated rings. The van der Waals surface area contributed by atoms with E-state index in [0.29, 0.717) is 35.6 Å². The lowest BCUT2D eigenvalue weighted by Gasteiger charge is -2.43. The summed E-state index contributed by atoms with van der Waals surface area (Å²) in [5, 5.41) is 11.6. The molecule has 1 aliphatic carbocycles. The van der Waals surface area contributed by atoms with E-state index < -0.39 is 10.8 Å². The van der Waals surface area contributed by atoms with E-state index in [1.165, 1.54) is 23.1 Å². The first-order chi connectivity index (χ1) is 15.6. The normalized spacial score (nSPS) is 21.3. The summed E-state index contributed by atoms with van der Waals surface area (Å²) < 4.78 is 10.9. The number of ketones is 1. The van der Waals surface area contributed by atoms with Gasteiger partial charge in [0.1, 0.15) is 0 Å². The van der Waals surface area contributed by atoms with Crippen molar-refractivity contribution in [1.82, 2.24) is 0 Å². The SMILES string of the molecule is CC1(C)CC(=O)C2=C(C1)N(c1cc([N+](=O)[O-])ccc1Cl)C(=O)CC2c1ccc2c(c1)OCO2. The molecule has 0 saturated carbocycles. The Labute approximate surface area is 194 Å². The molecule has 0 N–H and O–H groups in total. The third-order valence-electron chi connectivity index (χ3n) is 6.32. The summed E-state index contributed by atoms with van der Waals surface area (Å²) in [4.78, 5) is 39.2. The van der Waals surface area contributed by atoms with Crippen LogP contribution in [0, 0.1) is 15.5 Å². The molecule has 170 valence electrons. The molecule has 0 aromatic heterocycles. The maximum atomic E-state index is 13.5. The lowest BCUT2D eigenvalue weighted by Crippen LogP contribution is -2.43. The Morgan fingerprint density at radius 1 is 1.09 bits per heavy atom. The molecule has 1 unspecified atom stereocenters. The molecule has 9 heteroatoms. The fraction of sp³-hybridized carbons (Fsp3) is 0.333. The van der Waals surface area contributed by atoms with Crippen molar-refractivity contribution in [3.8, 4) is 11.5 Å². The zero-order valence-corrected chi connectivity index (χ0v) is 18.8. The number of hydrogen-bond donors (Lipinski definition) is 0. The molecule has 33 heavy (non-hydrogen) atoms. The quantitative estimate of drug-likeness (QED) is 0.456. The van der Waals surface area contributed by atoms with Crippen molar-refractivity contribution >= 4 is 34.7 Å². The molecule has 1 atom stereocenters. The van der Waals surface area contributed by atoms with E-state index >= 15 is 0 Å². The van der Waals surface area contributed by atoms with Crippen molar-refractivity contribution < 1.29 is 24.0 Å². The van der Waals surface area contributed by atoms with Gasteiger partial charge in [-0.2, -0.15) is 0 Å². The van der Waals surface area contributed by atoms with Gasteiger partial charge >= 0.3 is 0 Å².